The predicted octanol–water partition coefficient (Wildman–Crippen LogP) is 5.60. The average Bonchev–Trinajstić information content (AvgIpc) is 2.66. The standard InChI is InChI=1S/C24H35NO2/c1-23(2)13-14-24(3,4)21-15-17(8-12-20(21)23)7-10-19-11-9-18(16-25-19)22(26-5)27-6/h9,11,16-17,20-22H,8,12-15H2,1-6H3. The van der Waals surface area contributed by atoms with Crippen LogP contribution in [0.5, 0.6) is 0 Å². The van der Waals surface area contributed by atoms with Gasteiger partial charge in [0.2, 0.25) is 0 Å². The third kappa shape index (κ3) is 4.39. The van der Waals surface area contributed by atoms with Gasteiger partial charge in [-0.3, -0.25) is 0 Å². The molecule has 27 heavy (non-hydrogen) atoms. The molecule has 1 heterocycles. The molecule has 0 spiro atoms. The first-order chi connectivity index (χ1) is 12.8. The van der Waals surface area contributed by atoms with Gasteiger partial charge in [-0.15, -0.1) is 0 Å². The number of hydrogen-bond acceptors (Lipinski definition) is 3. The van der Waals surface area contributed by atoms with Crippen LogP contribution in [-0.4, -0.2) is 19.2 Å². The van der Waals surface area contributed by atoms with Crippen LogP contribution in [0.25, 0.3) is 0 Å². The van der Waals surface area contributed by atoms with Gasteiger partial charge < -0.3 is 9.47 Å². The maximum atomic E-state index is 5.27. The summed E-state index contributed by atoms with van der Waals surface area (Å²) in [6.45, 7) is 9.89. The van der Waals surface area contributed by atoms with Crippen molar-refractivity contribution in [2.45, 2.75) is 66.1 Å². The summed E-state index contributed by atoms with van der Waals surface area (Å²) >= 11 is 0. The highest BCUT2D eigenvalue weighted by molar-refractivity contribution is 5.30. The molecule has 0 saturated heterocycles. The fourth-order valence-electron chi connectivity index (χ4n) is 5.28. The Hall–Kier alpha value is -1.37. The molecule has 2 fully saturated rings. The van der Waals surface area contributed by atoms with Gasteiger partial charge in [0, 0.05) is 31.9 Å². The quantitative estimate of drug-likeness (QED) is 0.513. The van der Waals surface area contributed by atoms with Crippen molar-refractivity contribution >= 4 is 0 Å². The van der Waals surface area contributed by atoms with Crippen molar-refractivity contribution in [3.8, 4) is 11.8 Å². The zero-order valence-electron chi connectivity index (χ0n) is 17.8. The Morgan fingerprint density at radius 2 is 1.67 bits per heavy atom. The zero-order chi connectivity index (χ0) is 19.7. The third-order valence-electron chi connectivity index (χ3n) is 7.16. The van der Waals surface area contributed by atoms with Gasteiger partial charge in [-0.25, -0.2) is 4.98 Å². The number of ether oxygens (including phenoxy) is 2. The van der Waals surface area contributed by atoms with E-state index in [4.69, 9.17) is 9.47 Å². The van der Waals surface area contributed by atoms with Gasteiger partial charge in [-0.1, -0.05) is 33.6 Å². The molecular weight excluding hydrogens is 334 g/mol. The van der Waals surface area contributed by atoms with Crippen LogP contribution in [0, 0.1) is 40.4 Å². The predicted molar refractivity (Wildman–Crippen MR) is 109 cm³/mol. The Balaban J connectivity index is 1.69. The maximum Gasteiger partial charge on any atom is 0.184 e. The van der Waals surface area contributed by atoms with Crippen molar-refractivity contribution in [3.05, 3.63) is 29.6 Å². The minimum Gasteiger partial charge on any atom is -0.352 e. The molecule has 2 aliphatic rings. The summed E-state index contributed by atoms with van der Waals surface area (Å²) in [5.74, 6) is 8.98. The van der Waals surface area contributed by atoms with Crippen LogP contribution >= 0.6 is 0 Å². The van der Waals surface area contributed by atoms with Crippen molar-refractivity contribution in [1.82, 2.24) is 4.98 Å². The molecule has 3 atom stereocenters. The topological polar surface area (TPSA) is 31.4 Å². The molecule has 2 aliphatic carbocycles. The fraction of sp³-hybridized carbons (Fsp3) is 0.708. The lowest BCUT2D eigenvalue weighted by Crippen LogP contribution is -2.47. The van der Waals surface area contributed by atoms with Crippen LogP contribution in [0.2, 0.25) is 0 Å². The van der Waals surface area contributed by atoms with E-state index in [-0.39, 0.29) is 6.29 Å². The van der Waals surface area contributed by atoms with E-state index in [2.05, 4.69) is 44.5 Å². The molecule has 2 saturated carbocycles. The van der Waals surface area contributed by atoms with Gasteiger partial charge >= 0.3 is 0 Å². The number of rotatable bonds is 3. The first-order valence-electron chi connectivity index (χ1n) is 10.3. The number of aromatic nitrogens is 1. The van der Waals surface area contributed by atoms with Crippen molar-refractivity contribution < 1.29 is 9.47 Å². The third-order valence-corrected chi connectivity index (χ3v) is 7.16. The molecule has 1 aromatic heterocycles. The Morgan fingerprint density at radius 1 is 1.00 bits per heavy atom. The van der Waals surface area contributed by atoms with E-state index < -0.39 is 0 Å². The number of pyridine rings is 1. The normalized spacial score (nSPS) is 28.9. The molecule has 3 nitrogen and oxygen atoms in total. The summed E-state index contributed by atoms with van der Waals surface area (Å²) in [5.41, 5.74) is 2.66. The summed E-state index contributed by atoms with van der Waals surface area (Å²) in [5, 5.41) is 0. The first kappa shape index (κ1) is 20.4. The van der Waals surface area contributed by atoms with Crippen molar-refractivity contribution in [1.29, 1.82) is 0 Å². The van der Waals surface area contributed by atoms with Crippen molar-refractivity contribution in [3.63, 3.8) is 0 Å². The molecule has 0 aromatic carbocycles. The fourth-order valence-corrected chi connectivity index (χ4v) is 5.28. The molecule has 0 aliphatic heterocycles. The average molecular weight is 370 g/mol. The minimum atomic E-state index is -0.369. The van der Waals surface area contributed by atoms with E-state index in [9.17, 15) is 0 Å². The lowest BCUT2D eigenvalue weighted by molar-refractivity contribution is -0.106. The monoisotopic (exact) mass is 369 g/mol. The second-order valence-electron chi connectivity index (χ2n) is 9.75. The van der Waals surface area contributed by atoms with E-state index in [0.717, 1.165) is 23.1 Å². The maximum absolute atomic E-state index is 5.27. The summed E-state index contributed by atoms with van der Waals surface area (Å²) in [4.78, 5) is 4.48. The van der Waals surface area contributed by atoms with Crippen molar-refractivity contribution in [2.75, 3.05) is 14.2 Å². The van der Waals surface area contributed by atoms with Crippen LogP contribution in [0.1, 0.15) is 77.3 Å². The lowest BCUT2D eigenvalue weighted by Gasteiger charge is -2.55. The van der Waals surface area contributed by atoms with Crippen LogP contribution < -0.4 is 0 Å². The first-order valence-corrected chi connectivity index (χ1v) is 10.3. The Labute approximate surface area is 165 Å². The van der Waals surface area contributed by atoms with Crippen LogP contribution in [0.15, 0.2) is 18.3 Å². The van der Waals surface area contributed by atoms with Crippen LogP contribution in [0.3, 0.4) is 0 Å². The lowest BCUT2D eigenvalue weighted by atomic mass is 9.50. The van der Waals surface area contributed by atoms with Gasteiger partial charge in [-0.05, 0) is 72.8 Å². The number of nitrogens with zero attached hydrogens (tertiary/aromatic N) is 1. The molecule has 1 aromatic rings. The van der Waals surface area contributed by atoms with E-state index >= 15 is 0 Å². The summed E-state index contributed by atoms with van der Waals surface area (Å²) < 4.78 is 10.5. The molecule has 0 radical (unpaired) electrons. The molecule has 0 N–H and O–H groups in total. The summed E-state index contributed by atoms with van der Waals surface area (Å²) in [6, 6.07) is 3.95. The number of fused-ring (bicyclic) bond motifs is 1. The van der Waals surface area contributed by atoms with E-state index in [1.165, 1.54) is 32.1 Å². The second-order valence-corrected chi connectivity index (χ2v) is 9.75. The molecule has 148 valence electrons. The number of hydrogen-bond donors (Lipinski definition) is 0. The molecule has 3 rings (SSSR count). The molecular formula is C24H35NO2. The largest absolute Gasteiger partial charge is 0.352 e. The van der Waals surface area contributed by atoms with Gasteiger partial charge in [0.25, 0.3) is 0 Å². The van der Waals surface area contributed by atoms with Gasteiger partial charge in [-0.2, -0.15) is 0 Å². The summed E-state index contributed by atoms with van der Waals surface area (Å²) in [7, 11) is 3.26. The zero-order valence-corrected chi connectivity index (χ0v) is 17.8. The van der Waals surface area contributed by atoms with Crippen LogP contribution in [0.4, 0.5) is 0 Å². The second kappa shape index (κ2) is 7.94. The van der Waals surface area contributed by atoms with Crippen molar-refractivity contribution in [2.24, 2.45) is 28.6 Å². The highest BCUT2D eigenvalue weighted by Gasteiger charge is 2.49. The minimum absolute atomic E-state index is 0.369. The smallest absolute Gasteiger partial charge is 0.184 e. The summed E-state index contributed by atoms with van der Waals surface area (Å²) in [6.07, 6.45) is 7.90. The Kier molecular flexibility index (Phi) is 5.99. The molecule has 3 heteroatoms. The highest BCUT2D eigenvalue weighted by Crippen LogP contribution is 2.58. The molecule has 0 bridgehead atoms. The Morgan fingerprint density at radius 3 is 2.26 bits per heavy atom. The van der Waals surface area contributed by atoms with Crippen LogP contribution in [-0.2, 0) is 9.47 Å². The SMILES string of the molecule is COC(OC)c1ccc(C#CC2CCC3C(C2)C(C)(C)CCC3(C)C)nc1. The molecule has 3 unspecified atom stereocenters. The molecule has 0 amide bonds. The van der Waals surface area contributed by atoms with E-state index in [0.29, 0.717) is 16.7 Å². The van der Waals surface area contributed by atoms with Gasteiger partial charge in [0.05, 0.1) is 0 Å². The van der Waals surface area contributed by atoms with E-state index in [1.54, 1.807) is 20.4 Å². The van der Waals surface area contributed by atoms with E-state index in [1.807, 2.05) is 12.1 Å². The highest BCUT2D eigenvalue weighted by atomic mass is 16.7. The van der Waals surface area contributed by atoms with Gasteiger partial charge in [0.1, 0.15) is 5.69 Å². The van der Waals surface area contributed by atoms with Gasteiger partial charge in [0.15, 0.2) is 6.29 Å². The Bertz CT molecular complexity index is 691. The number of methoxy groups -OCH3 is 2.